The molecule has 2 rings (SSSR count). The lowest BCUT2D eigenvalue weighted by Gasteiger charge is -2.17. The molecule has 0 spiro atoms. The number of rotatable bonds is 5. The van der Waals surface area contributed by atoms with Crippen LogP contribution in [0.4, 0.5) is 0 Å². The Hall–Kier alpha value is -1.55. The molecule has 0 saturated carbocycles. The number of hydrogen-bond acceptors (Lipinski definition) is 3. The molecule has 98 valence electrons. The maximum atomic E-state index is 11.3. The highest BCUT2D eigenvalue weighted by Gasteiger charge is 2.14. The van der Waals surface area contributed by atoms with Crippen LogP contribution in [-0.4, -0.2) is 37.0 Å². The van der Waals surface area contributed by atoms with Gasteiger partial charge >= 0.3 is 0 Å². The fourth-order valence-electron chi connectivity index (χ4n) is 2.32. The second-order valence-electron chi connectivity index (χ2n) is 4.71. The van der Waals surface area contributed by atoms with Gasteiger partial charge in [0.05, 0.1) is 5.56 Å². The highest BCUT2D eigenvalue weighted by Crippen LogP contribution is 2.23. The van der Waals surface area contributed by atoms with E-state index in [0.717, 1.165) is 25.2 Å². The summed E-state index contributed by atoms with van der Waals surface area (Å²) in [5.74, 6) is 0.194. The van der Waals surface area contributed by atoms with Crippen LogP contribution in [0.2, 0.25) is 0 Å². The zero-order chi connectivity index (χ0) is 13.0. The smallest absolute Gasteiger partial charge is 0.252 e. The third kappa shape index (κ3) is 3.01. The Morgan fingerprint density at radius 3 is 2.78 bits per heavy atom. The van der Waals surface area contributed by atoms with Gasteiger partial charge in [0, 0.05) is 6.54 Å². The Morgan fingerprint density at radius 1 is 1.39 bits per heavy atom. The highest BCUT2D eigenvalue weighted by atomic mass is 16.5. The Kier molecular flexibility index (Phi) is 4.20. The fourth-order valence-corrected chi connectivity index (χ4v) is 2.32. The predicted octanol–water partition coefficient (Wildman–Crippen LogP) is 1.57. The zero-order valence-corrected chi connectivity index (χ0v) is 10.8. The Bertz CT molecular complexity index is 426. The van der Waals surface area contributed by atoms with Gasteiger partial charge < -0.3 is 10.5 Å². The number of carbonyl (C=O) groups is 1. The normalized spacial score (nSPS) is 15.8. The first-order valence-electron chi connectivity index (χ1n) is 6.43. The van der Waals surface area contributed by atoms with Crippen LogP contribution in [0.25, 0.3) is 0 Å². The number of nitrogens with zero attached hydrogens (tertiary/aromatic N) is 1. The molecule has 0 atom stereocenters. The molecule has 18 heavy (non-hydrogen) atoms. The third-order valence-corrected chi connectivity index (χ3v) is 3.33. The van der Waals surface area contributed by atoms with E-state index in [9.17, 15) is 4.79 Å². The topological polar surface area (TPSA) is 55.6 Å². The molecule has 2 N–H and O–H groups in total. The number of para-hydroxylation sites is 1. The monoisotopic (exact) mass is 248 g/mol. The highest BCUT2D eigenvalue weighted by molar-refractivity contribution is 5.96. The second kappa shape index (κ2) is 5.87. The molecule has 1 aromatic carbocycles. The lowest BCUT2D eigenvalue weighted by Crippen LogP contribution is -2.25. The van der Waals surface area contributed by atoms with Gasteiger partial charge in [-0.25, -0.2) is 0 Å². The fraction of sp³-hybridized carbons (Fsp3) is 0.500. The number of hydrogen-bond donors (Lipinski definition) is 1. The van der Waals surface area contributed by atoms with Crippen molar-refractivity contribution in [3.05, 3.63) is 29.3 Å². The number of carbonyl (C=O) groups excluding carboxylic acids is 1. The van der Waals surface area contributed by atoms with Crippen LogP contribution in [0.15, 0.2) is 18.2 Å². The minimum absolute atomic E-state index is 0.435. The van der Waals surface area contributed by atoms with Crippen LogP contribution in [0.1, 0.15) is 28.8 Å². The SMILES string of the molecule is Cc1cccc(C(N)=O)c1OCCN1CCCC1. The van der Waals surface area contributed by atoms with Gasteiger partial charge in [-0.05, 0) is 44.5 Å². The van der Waals surface area contributed by atoms with E-state index in [0.29, 0.717) is 17.9 Å². The molecule has 1 amide bonds. The van der Waals surface area contributed by atoms with E-state index >= 15 is 0 Å². The van der Waals surface area contributed by atoms with Gasteiger partial charge in [0.2, 0.25) is 0 Å². The molecule has 1 aliphatic rings. The van der Waals surface area contributed by atoms with Crippen molar-refractivity contribution in [2.75, 3.05) is 26.2 Å². The number of likely N-dealkylation sites (tertiary alicyclic amines) is 1. The summed E-state index contributed by atoms with van der Waals surface area (Å²) in [5.41, 5.74) is 6.77. The van der Waals surface area contributed by atoms with E-state index in [-0.39, 0.29) is 0 Å². The summed E-state index contributed by atoms with van der Waals surface area (Å²) in [5, 5.41) is 0. The van der Waals surface area contributed by atoms with Gasteiger partial charge in [0.25, 0.3) is 5.91 Å². The molecule has 1 heterocycles. The minimum atomic E-state index is -0.435. The molecular weight excluding hydrogens is 228 g/mol. The molecule has 1 aliphatic heterocycles. The van der Waals surface area contributed by atoms with Crippen LogP contribution < -0.4 is 10.5 Å². The average Bonchev–Trinajstić information content (AvgIpc) is 2.84. The van der Waals surface area contributed by atoms with Gasteiger partial charge in [0.15, 0.2) is 0 Å². The molecule has 1 fully saturated rings. The van der Waals surface area contributed by atoms with Crippen molar-refractivity contribution in [2.45, 2.75) is 19.8 Å². The average molecular weight is 248 g/mol. The van der Waals surface area contributed by atoms with Crippen molar-refractivity contribution in [2.24, 2.45) is 5.73 Å². The first-order valence-corrected chi connectivity index (χ1v) is 6.43. The van der Waals surface area contributed by atoms with E-state index in [1.54, 1.807) is 6.07 Å². The maximum Gasteiger partial charge on any atom is 0.252 e. The van der Waals surface area contributed by atoms with Crippen molar-refractivity contribution in [3.8, 4) is 5.75 Å². The summed E-state index contributed by atoms with van der Waals surface area (Å²) in [6, 6.07) is 5.46. The number of primary amides is 1. The standard InChI is InChI=1S/C14H20N2O2/c1-11-5-4-6-12(14(15)17)13(11)18-10-9-16-7-2-3-8-16/h4-6H,2-3,7-10H2,1H3,(H2,15,17). The van der Waals surface area contributed by atoms with Crippen molar-refractivity contribution in [3.63, 3.8) is 0 Å². The van der Waals surface area contributed by atoms with E-state index < -0.39 is 5.91 Å². The molecule has 0 bridgehead atoms. The quantitative estimate of drug-likeness (QED) is 0.860. The summed E-state index contributed by atoms with van der Waals surface area (Å²) >= 11 is 0. The van der Waals surface area contributed by atoms with Crippen LogP contribution in [0.5, 0.6) is 5.75 Å². The van der Waals surface area contributed by atoms with Crippen LogP contribution >= 0.6 is 0 Å². The van der Waals surface area contributed by atoms with E-state index in [4.69, 9.17) is 10.5 Å². The van der Waals surface area contributed by atoms with Crippen LogP contribution in [0.3, 0.4) is 0 Å². The van der Waals surface area contributed by atoms with Gasteiger partial charge in [-0.3, -0.25) is 9.69 Å². The lowest BCUT2D eigenvalue weighted by atomic mass is 10.1. The second-order valence-corrected chi connectivity index (χ2v) is 4.71. The molecule has 0 aromatic heterocycles. The molecule has 1 saturated heterocycles. The number of nitrogens with two attached hydrogens (primary N) is 1. The zero-order valence-electron chi connectivity index (χ0n) is 10.8. The Labute approximate surface area is 108 Å². The van der Waals surface area contributed by atoms with E-state index in [1.165, 1.54) is 12.8 Å². The molecule has 1 aromatic rings. The minimum Gasteiger partial charge on any atom is -0.491 e. The molecule has 0 radical (unpaired) electrons. The van der Waals surface area contributed by atoms with Crippen molar-refractivity contribution in [1.82, 2.24) is 4.90 Å². The largest absolute Gasteiger partial charge is 0.491 e. The van der Waals surface area contributed by atoms with Gasteiger partial charge in [-0.1, -0.05) is 12.1 Å². The first kappa shape index (κ1) is 12.9. The first-order chi connectivity index (χ1) is 8.68. The Balaban J connectivity index is 1.97. The summed E-state index contributed by atoms with van der Waals surface area (Å²) < 4.78 is 5.75. The van der Waals surface area contributed by atoms with Gasteiger partial charge in [-0.2, -0.15) is 0 Å². The molecule has 0 aliphatic carbocycles. The van der Waals surface area contributed by atoms with E-state index in [1.807, 2.05) is 19.1 Å². The third-order valence-electron chi connectivity index (χ3n) is 3.33. The summed E-state index contributed by atoms with van der Waals surface area (Å²) in [7, 11) is 0. The summed E-state index contributed by atoms with van der Waals surface area (Å²) in [4.78, 5) is 13.7. The van der Waals surface area contributed by atoms with E-state index in [2.05, 4.69) is 4.90 Å². The van der Waals surface area contributed by atoms with Gasteiger partial charge in [-0.15, -0.1) is 0 Å². The summed E-state index contributed by atoms with van der Waals surface area (Å²) in [6.07, 6.45) is 2.55. The number of aryl methyl sites for hydroxylation is 1. The summed E-state index contributed by atoms with van der Waals surface area (Å²) in [6.45, 7) is 5.74. The molecule has 0 unspecified atom stereocenters. The van der Waals surface area contributed by atoms with Crippen LogP contribution in [0, 0.1) is 6.92 Å². The van der Waals surface area contributed by atoms with Crippen LogP contribution in [-0.2, 0) is 0 Å². The number of amides is 1. The number of benzene rings is 1. The molecule has 4 nitrogen and oxygen atoms in total. The predicted molar refractivity (Wildman–Crippen MR) is 70.9 cm³/mol. The molecular formula is C14H20N2O2. The van der Waals surface area contributed by atoms with Crippen molar-refractivity contribution in [1.29, 1.82) is 0 Å². The maximum absolute atomic E-state index is 11.3. The molecule has 4 heteroatoms. The Morgan fingerprint density at radius 2 is 2.11 bits per heavy atom. The number of ether oxygens (including phenoxy) is 1. The lowest BCUT2D eigenvalue weighted by molar-refractivity contribution is 0.0995. The van der Waals surface area contributed by atoms with Gasteiger partial charge in [0.1, 0.15) is 12.4 Å². The van der Waals surface area contributed by atoms with Crippen molar-refractivity contribution >= 4 is 5.91 Å². The van der Waals surface area contributed by atoms with Crippen molar-refractivity contribution < 1.29 is 9.53 Å².